The molecule has 3 nitrogen and oxygen atoms in total. The molecule has 0 aliphatic heterocycles. The van der Waals surface area contributed by atoms with Gasteiger partial charge in [-0.3, -0.25) is 4.98 Å². The first-order chi connectivity index (χ1) is 10.3. The molecule has 0 aliphatic carbocycles. The zero-order chi connectivity index (χ0) is 15.1. The quantitative estimate of drug-likeness (QED) is 0.838. The molecule has 0 bridgehead atoms. The van der Waals surface area contributed by atoms with Crippen LogP contribution < -0.4 is 10.1 Å². The summed E-state index contributed by atoms with van der Waals surface area (Å²) < 4.78 is 5.52. The molecule has 0 amide bonds. The molecule has 0 radical (unpaired) electrons. The van der Waals surface area contributed by atoms with E-state index in [0.29, 0.717) is 6.61 Å². The van der Waals surface area contributed by atoms with Crippen LogP contribution in [-0.2, 0) is 0 Å². The molecule has 1 aromatic carbocycles. The molecule has 0 saturated heterocycles. The van der Waals surface area contributed by atoms with E-state index in [1.165, 1.54) is 11.1 Å². The average Bonchev–Trinajstić information content (AvgIpc) is 2.51. The Morgan fingerprint density at radius 3 is 2.52 bits per heavy atom. The number of pyridine rings is 1. The molecule has 1 atom stereocenters. The van der Waals surface area contributed by atoms with Gasteiger partial charge in [0, 0.05) is 6.20 Å². The van der Waals surface area contributed by atoms with Crippen LogP contribution in [0.4, 0.5) is 0 Å². The number of benzene rings is 1. The highest BCUT2D eigenvalue weighted by atomic mass is 16.5. The molecule has 2 rings (SSSR count). The molecule has 21 heavy (non-hydrogen) atoms. The Morgan fingerprint density at radius 2 is 1.90 bits per heavy atom. The fraction of sp³-hybridized carbons (Fsp3) is 0.389. The third kappa shape index (κ3) is 4.05. The predicted octanol–water partition coefficient (Wildman–Crippen LogP) is 3.88. The van der Waals surface area contributed by atoms with Gasteiger partial charge in [-0.1, -0.05) is 25.1 Å². The second kappa shape index (κ2) is 7.79. The standard InChI is InChI=1S/C18H24N2O/c1-4-12-19-18(17-14(3)7-6-13-20-17)15-8-10-16(11-9-15)21-5-2/h6-11,13,18-19H,4-5,12H2,1-3H3. The Hall–Kier alpha value is -1.87. The highest BCUT2D eigenvalue weighted by Crippen LogP contribution is 2.25. The normalized spacial score (nSPS) is 12.1. The SMILES string of the molecule is CCCNC(c1ccc(OCC)cc1)c1ncccc1C. The van der Waals surface area contributed by atoms with E-state index in [4.69, 9.17) is 4.74 Å². The number of nitrogens with zero attached hydrogens (tertiary/aromatic N) is 1. The number of aryl methyl sites for hydroxylation is 1. The zero-order valence-corrected chi connectivity index (χ0v) is 13.1. The van der Waals surface area contributed by atoms with Crippen molar-refractivity contribution in [2.45, 2.75) is 33.2 Å². The summed E-state index contributed by atoms with van der Waals surface area (Å²) in [6.07, 6.45) is 2.96. The van der Waals surface area contributed by atoms with Gasteiger partial charge in [0.1, 0.15) is 5.75 Å². The third-order valence-corrected chi connectivity index (χ3v) is 3.45. The van der Waals surface area contributed by atoms with Crippen molar-refractivity contribution in [1.29, 1.82) is 0 Å². The molecule has 1 N–H and O–H groups in total. The van der Waals surface area contributed by atoms with Crippen molar-refractivity contribution in [3.63, 3.8) is 0 Å². The van der Waals surface area contributed by atoms with Crippen molar-refractivity contribution in [2.75, 3.05) is 13.2 Å². The summed E-state index contributed by atoms with van der Waals surface area (Å²) in [5, 5.41) is 3.59. The maximum atomic E-state index is 5.52. The number of aromatic nitrogens is 1. The minimum absolute atomic E-state index is 0.127. The molecule has 0 spiro atoms. The monoisotopic (exact) mass is 284 g/mol. The van der Waals surface area contributed by atoms with Crippen molar-refractivity contribution in [3.8, 4) is 5.75 Å². The highest BCUT2D eigenvalue weighted by Gasteiger charge is 2.16. The van der Waals surface area contributed by atoms with Gasteiger partial charge in [-0.15, -0.1) is 0 Å². The van der Waals surface area contributed by atoms with E-state index < -0.39 is 0 Å². The van der Waals surface area contributed by atoms with Crippen LogP contribution in [0.3, 0.4) is 0 Å². The summed E-state index contributed by atoms with van der Waals surface area (Å²) in [6, 6.07) is 12.5. The summed E-state index contributed by atoms with van der Waals surface area (Å²) in [7, 11) is 0. The van der Waals surface area contributed by atoms with Crippen molar-refractivity contribution < 1.29 is 4.74 Å². The second-order valence-corrected chi connectivity index (χ2v) is 5.09. The number of hydrogen-bond acceptors (Lipinski definition) is 3. The van der Waals surface area contributed by atoms with E-state index >= 15 is 0 Å². The highest BCUT2D eigenvalue weighted by molar-refractivity contribution is 5.35. The average molecular weight is 284 g/mol. The lowest BCUT2D eigenvalue weighted by Gasteiger charge is -2.20. The second-order valence-electron chi connectivity index (χ2n) is 5.09. The molecule has 1 aromatic heterocycles. The van der Waals surface area contributed by atoms with Gasteiger partial charge in [0.15, 0.2) is 0 Å². The molecule has 1 heterocycles. The van der Waals surface area contributed by atoms with Crippen molar-refractivity contribution in [1.82, 2.24) is 10.3 Å². The Labute approximate surface area is 127 Å². The maximum Gasteiger partial charge on any atom is 0.119 e. The van der Waals surface area contributed by atoms with Gasteiger partial charge in [0.05, 0.1) is 18.3 Å². The van der Waals surface area contributed by atoms with Crippen LogP contribution in [0, 0.1) is 6.92 Å². The van der Waals surface area contributed by atoms with E-state index in [2.05, 4.69) is 42.3 Å². The minimum Gasteiger partial charge on any atom is -0.494 e. The topological polar surface area (TPSA) is 34.1 Å². The van der Waals surface area contributed by atoms with Crippen molar-refractivity contribution in [2.24, 2.45) is 0 Å². The van der Waals surface area contributed by atoms with Crippen molar-refractivity contribution >= 4 is 0 Å². The Balaban J connectivity index is 2.29. The predicted molar refractivity (Wildman–Crippen MR) is 86.7 cm³/mol. The molecule has 3 heteroatoms. The van der Waals surface area contributed by atoms with E-state index in [1.54, 1.807) is 0 Å². The van der Waals surface area contributed by atoms with Crippen molar-refractivity contribution in [3.05, 3.63) is 59.4 Å². The number of hydrogen-bond donors (Lipinski definition) is 1. The number of nitrogens with one attached hydrogen (secondary N) is 1. The van der Waals surface area contributed by atoms with Gasteiger partial charge in [-0.25, -0.2) is 0 Å². The first-order valence-electron chi connectivity index (χ1n) is 7.64. The summed E-state index contributed by atoms with van der Waals surface area (Å²) in [5.41, 5.74) is 3.52. The first-order valence-corrected chi connectivity index (χ1v) is 7.64. The molecular formula is C18H24N2O. The Kier molecular flexibility index (Phi) is 5.76. The summed E-state index contributed by atoms with van der Waals surface area (Å²) >= 11 is 0. The third-order valence-electron chi connectivity index (χ3n) is 3.45. The molecule has 2 aromatic rings. The van der Waals surface area contributed by atoms with Crippen LogP contribution in [0.15, 0.2) is 42.6 Å². The summed E-state index contributed by atoms with van der Waals surface area (Å²) in [6.45, 7) is 7.94. The lowest BCUT2D eigenvalue weighted by Crippen LogP contribution is -2.24. The van der Waals surface area contributed by atoms with Crippen LogP contribution in [-0.4, -0.2) is 18.1 Å². The van der Waals surface area contributed by atoms with Gasteiger partial charge in [0.2, 0.25) is 0 Å². The van der Waals surface area contributed by atoms with Crippen LogP contribution >= 0.6 is 0 Å². The van der Waals surface area contributed by atoms with E-state index in [1.807, 2.05) is 31.3 Å². The molecule has 1 unspecified atom stereocenters. The zero-order valence-electron chi connectivity index (χ0n) is 13.1. The first kappa shape index (κ1) is 15.5. The lowest BCUT2D eigenvalue weighted by atomic mass is 9.99. The van der Waals surface area contributed by atoms with Crippen LogP contribution in [0.5, 0.6) is 5.75 Å². The number of rotatable bonds is 7. The summed E-state index contributed by atoms with van der Waals surface area (Å²) in [5.74, 6) is 0.910. The fourth-order valence-electron chi connectivity index (χ4n) is 2.38. The molecular weight excluding hydrogens is 260 g/mol. The van der Waals surface area contributed by atoms with Crippen LogP contribution in [0.25, 0.3) is 0 Å². The molecule has 0 saturated carbocycles. The Morgan fingerprint density at radius 1 is 1.14 bits per heavy atom. The summed E-state index contributed by atoms with van der Waals surface area (Å²) in [4.78, 5) is 4.57. The maximum absolute atomic E-state index is 5.52. The van der Waals surface area contributed by atoms with Gasteiger partial charge in [-0.05, 0) is 56.1 Å². The van der Waals surface area contributed by atoms with E-state index in [9.17, 15) is 0 Å². The van der Waals surface area contributed by atoms with Crippen LogP contribution in [0.2, 0.25) is 0 Å². The molecule has 0 aliphatic rings. The van der Waals surface area contributed by atoms with Crippen LogP contribution in [0.1, 0.15) is 43.1 Å². The van der Waals surface area contributed by atoms with Gasteiger partial charge in [-0.2, -0.15) is 0 Å². The minimum atomic E-state index is 0.127. The lowest BCUT2D eigenvalue weighted by molar-refractivity contribution is 0.340. The molecule has 0 fully saturated rings. The van der Waals surface area contributed by atoms with Gasteiger partial charge >= 0.3 is 0 Å². The Bertz CT molecular complexity index is 551. The van der Waals surface area contributed by atoms with Gasteiger partial charge in [0.25, 0.3) is 0 Å². The molecule has 112 valence electrons. The number of ether oxygens (including phenoxy) is 1. The largest absolute Gasteiger partial charge is 0.494 e. The van der Waals surface area contributed by atoms with Gasteiger partial charge < -0.3 is 10.1 Å². The fourth-order valence-corrected chi connectivity index (χ4v) is 2.38. The van der Waals surface area contributed by atoms with E-state index in [-0.39, 0.29) is 6.04 Å². The smallest absolute Gasteiger partial charge is 0.119 e. The van der Waals surface area contributed by atoms with E-state index in [0.717, 1.165) is 24.4 Å².